The van der Waals surface area contributed by atoms with Gasteiger partial charge in [-0.2, -0.15) is 0 Å². The Balaban J connectivity index is 1.71. The van der Waals surface area contributed by atoms with Crippen LogP contribution in [0.5, 0.6) is 0 Å². The van der Waals surface area contributed by atoms with E-state index in [0.29, 0.717) is 30.3 Å². The first-order chi connectivity index (χ1) is 13.0. The summed E-state index contributed by atoms with van der Waals surface area (Å²) in [6.45, 7) is 0.706. The number of nitrogens with zero attached hydrogens (tertiary/aromatic N) is 1. The van der Waals surface area contributed by atoms with Crippen LogP contribution in [-0.2, 0) is 14.6 Å². The van der Waals surface area contributed by atoms with E-state index in [2.05, 4.69) is 0 Å². The lowest BCUT2D eigenvalue weighted by molar-refractivity contribution is -0.140. The van der Waals surface area contributed by atoms with E-state index in [1.54, 1.807) is 24.3 Å². The number of fused-ring (bicyclic) bond motifs is 1. The Bertz CT molecular complexity index is 797. The summed E-state index contributed by atoms with van der Waals surface area (Å²) in [6, 6.07) is 6.52. The Kier molecular flexibility index (Phi) is 5.28. The molecule has 4 nitrogen and oxygen atoms in total. The molecule has 1 aromatic rings. The molecule has 2 unspecified atom stereocenters. The molecule has 2 atom stereocenters. The van der Waals surface area contributed by atoms with Crippen LogP contribution < -0.4 is 0 Å². The minimum atomic E-state index is -3.75. The van der Waals surface area contributed by atoms with Gasteiger partial charge in [0.15, 0.2) is 14.6 Å². The van der Waals surface area contributed by atoms with Crippen molar-refractivity contribution in [3.8, 4) is 0 Å². The van der Waals surface area contributed by atoms with Crippen molar-refractivity contribution in [1.82, 2.24) is 4.90 Å². The van der Waals surface area contributed by atoms with Gasteiger partial charge >= 0.3 is 0 Å². The lowest BCUT2D eigenvalue weighted by Crippen LogP contribution is -2.58. The van der Waals surface area contributed by atoms with E-state index in [1.807, 2.05) is 4.90 Å². The van der Waals surface area contributed by atoms with Gasteiger partial charge in [0.1, 0.15) is 0 Å². The van der Waals surface area contributed by atoms with Gasteiger partial charge in [-0.25, -0.2) is 8.42 Å². The zero-order valence-electron chi connectivity index (χ0n) is 15.7. The number of likely N-dealkylation sites (tertiary alicyclic amines) is 1. The third-order valence-electron chi connectivity index (χ3n) is 6.94. The van der Waals surface area contributed by atoms with Gasteiger partial charge in [-0.1, -0.05) is 37.3 Å². The number of hydrogen-bond donors (Lipinski definition) is 0. The fourth-order valence-corrected chi connectivity index (χ4v) is 7.77. The van der Waals surface area contributed by atoms with Gasteiger partial charge in [0.2, 0.25) is 5.91 Å². The normalized spacial score (nSPS) is 28.0. The first-order valence-electron chi connectivity index (χ1n) is 10.3. The molecule has 4 rings (SSSR count). The van der Waals surface area contributed by atoms with Crippen LogP contribution in [0.25, 0.3) is 0 Å². The number of carbonyl (C=O) groups excluding carboxylic acids is 1. The van der Waals surface area contributed by atoms with Crippen molar-refractivity contribution in [2.75, 3.05) is 6.54 Å². The van der Waals surface area contributed by atoms with Crippen molar-refractivity contribution in [3.05, 3.63) is 29.3 Å². The SMILES string of the molecule is O=C(N1CCCC2CCCCC21)C1(S(=O)(=O)c2ccc(Cl)cc2)CCCC1. The van der Waals surface area contributed by atoms with Gasteiger partial charge in [0.25, 0.3) is 0 Å². The molecule has 148 valence electrons. The number of hydrogen-bond acceptors (Lipinski definition) is 3. The smallest absolute Gasteiger partial charge is 0.244 e. The van der Waals surface area contributed by atoms with Crippen LogP contribution in [0.15, 0.2) is 29.2 Å². The predicted octanol–water partition coefficient (Wildman–Crippen LogP) is 4.61. The molecule has 1 saturated heterocycles. The molecule has 1 amide bonds. The molecule has 0 aromatic heterocycles. The number of sulfone groups is 1. The highest BCUT2D eigenvalue weighted by atomic mass is 35.5. The van der Waals surface area contributed by atoms with Crippen LogP contribution in [0.1, 0.15) is 64.2 Å². The molecule has 3 fully saturated rings. The summed E-state index contributed by atoms with van der Waals surface area (Å²) in [5, 5.41) is 0.502. The number of benzene rings is 1. The largest absolute Gasteiger partial charge is 0.338 e. The third-order valence-corrected chi connectivity index (χ3v) is 9.70. The molecule has 0 radical (unpaired) electrons. The van der Waals surface area contributed by atoms with Crippen molar-refractivity contribution in [1.29, 1.82) is 0 Å². The summed E-state index contributed by atoms with van der Waals surface area (Å²) in [6.07, 6.45) is 9.18. The molecular formula is C21H28ClNO3S. The van der Waals surface area contributed by atoms with Gasteiger partial charge in [-0.3, -0.25) is 4.79 Å². The number of carbonyl (C=O) groups is 1. The van der Waals surface area contributed by atoms with Gasteiger partial charge in [0.05, 0.1) is 4.90 Å². The molecule has 6 heteroatoms. The molecular weight excluding hydrogens is 382 g/mol. The van der Waals surface area contributed by atoms with Gasteiger partial charge in [0, 0.05) is 17.6 Å². The maximum absolute atomic E-state index is 13.8. The minimum Gasteiger partial charge on any atom is -0.338 e. The minimum absolute atomic E-state index is 0.133. The first kappa shape index (κ1) is 19.3. The lowest BCUT2D eigenvalue weighted by Gasteiger charge is -2.47. The van der Waals surface area contributed by atoms with E-state index >= 15 is 0 Å². The monoisotopic (exact) mass is 409 g/mol. The van der Waals surface area contributed by atoms with E-state index in [0.717, 1.165) is 32.1 Å². The molecule has 1 heterocycles. The van der Waals surface area contributed by atoms with E-state index in [4.69, 9.17) is 11.6 Å². The second kappa shape index (κ2) is 7.40. The average Bonchev–Trinajstić information content (AvgIpc) is 3.19. The van der Waals surface area contributed by atoms with Crippen LogP contribution in [0, 0.1) is 5.92 Å². The molecule has 2 saturated carbocycles. The Morgan fingerprint density at radius 3 is 2.30 bits per heavy atom. The maximum Gasteiger partial charge on any atom is 0.244 e. The number of rotatable bonds is 3. The fourth-order valence-electron chi connectivity index (χ4n) is 5.52. The molecule has 0 bridgehead atoms. The maximum atomic E-state index is 13.8. The number of halogens is 1. The summed E-state index contributed by atoms with van der Waals surface area (Å²) in [5.41, 5.74) is 0. The van der Waals surface area contributed by atoms with Crippen LogP contribution in [0.2, 0.25) is 5.02 Å². The van der Waals surface area contributed by atoms with Crippen molar-refractivity contribution in [2.24, 2.45) is 5.92 Å². The lowest BCUT2D eigenvalue weighted by atomic mass is 9.78. The van der Waals surface area contributed by atoms with Crippen molar-refractivity contribution >= 4 is 27.3 Å². The van der Waals surface area contributed by atoms with E-state index in [9.17, 15) is 13.2 Å². The van der Waals surface area contributed by atoms with Crippen LogP contribution in [0.4, 0.5) is 0 Å². The molecule has 0 N–H and O–H groups in total. The van der Waals surface area contributed by atoms with E-state index in [-0.39, 0.29) is 16.8 Å². The molecule has 1 aliphatic heterocycles. The van der Waals surface area contributed by atoms with Crippen LogP contribution in [-0.4, -0.2) is 36.6 Å². The Morgan fingerprint density at radius 2 is 1.59 bits per heavy atom. The van der Waals surface area contributed by atoms with Gasteiger partial charge < -0.3 is 4.90 Å². The second-order valence-electron chi connectivity index (χ2n) is 8.41. The van der Waals surface area contributed by atoms with Gasteiger partial charge in [-0.15, -0.1) is 0 Å². The van der Waals surface area contributed by atoms with Crippen LogP contribution in [0.3, 0.4) is 0 Å². The van der Waals surface area contributed by atoms with Crippen molar-refractivity contribution < 1.29 is 13.2 Å². The standard InChI is InChI=1S/C21H28ClNO3S/c22-17-9-11-18(12-10-17)27(25,26)21(13-3-4-14-21)20(24)23-15-5-7-16-6-1-2-8-19(16)23/h9-12,16,19H,1-8,13-15H2. The number of amides is 1. The van der Waals surface area contributed by atoms with Crippen molar-refractivity contribution in [2.45, 2.75) is 79.9 Å². The Hall–Kier alpha value is -1.07. The zero-order chi connectivity index (χ0) is 19.1. The molecule has 27 heavy (non-hydrogen) atoms. The summed E-state index contributed by atoms with van der Waals surface area (Å²) in [4.78, 5) is 16.0. The topological polar surface area (TPSA) is 54.5 Å². The predicted molar refractivity (Wildman–Crippen MR) is 107 cm³/mol. The first-order valence-corrected chi connectivity index (χ1v) is 12.1. The highest BCUT2D eigenvalue weighted by molar-refractivity contribution is 7.93. The summed E-state index contributed by atoms with van der Waals surface area (Å²) in [7, 11) is -3.75. The zero-order valence-corrected chi connectivity index (χ0v) is 17.3. The Labute approximate surface area is 167 Å². The highest BCUT2D eigenvalue weighted by Crippen LogP contribution is 2.45. The molecule has 3 aliphatic rings. The quantitative estimate of drug-likeness (QED) is 0.732. The summed E-state index contributed by atoms with van der Waals surface area (Å²) in [5.74, 6) is 0.416. The second-order valence-corrected chi connectivity index (χ2v) is 11.1. The van der Waals surface area contributed by atoms with E-state index in [1.165, 1.54) is 19.3 Å². The Morgan fingerprint density at radius 1 is 0.963 bits per heavy atom. The third kappa shape index (κ3) is 3.21. The fraction of sp³-hybridized carbons (Fsp3) is 0.667. The van der Waals surface area contributed by atoms with Crippen LogP contribution >= 0.6 is 11.6 Å². The highest BCUT2D eigenvalue weighted by Gasteiger charge is 2.56. The van der Waals surface area contributed by atoms with Crippen molar-refractivity contribution in [3.63, 3.8) is 0 Å². The molecule has 2 aliphatic carbocycles. The average molecular weight is 410 g/mol. The van der Waals surface area contributed by atoms with Gasteiger partial charge in [-0.05, 0) is 68.7 Å². The number of piperidine rings is 1. The molecule has 0 spiro atoms. The summed E-state index contributed by atoms with van der Waals surface area (Å²) >= 11 is 5.95. The molecule has 1 aromatic carbocycles. The van der Waals surface area contributed by atoms with E-state index < -0.39 is 14.6 Å². The summed E-state index contributed by atoms with van der Waals surface area (Å²) < 4.78 is 26.0.